The first-order valence-corrected chi connectivity index (χ1v) is 9.01. The SMILES string of the molecule is C#Cc1cc(O)c(-c2ccc(C(C)N)cc2)c2c1[nH]c(=O)c1sccc12. The van der Waals surface area contributed by atoms with Crippen molar-refractivity contribution in [3.8, 4) is 29.2 Å². The van der Waals surface area contributed by atoms with Gasteiger partial charge in [0, 0.05) is 22.4 Å². The number of thiophene rings is 1. The molecule has 0 fully saturated rings. The zero-order valence-electron chi connectivity index (χ0n) is 14.0. The minimum atomic E-state index is -0.178. The molecule has 4 N–H and O–H groups in total. The van der Waals surface area contributed by atoms with E-state index in [4.69, 9.17) is 12.2 Å². The Morgan fingerprint density at radius 2 is 2.00 bits per heavy atom. The fraction of sp³-hybridized carbons (Fsp3) is 0.0952. The lowest BCUT2D eigenvalue weighted by Crippen LogP contribution is -2.06. The highest BCUT2D eigenvalue weighted by Gasteiger charge is 2.18. The van der Waals surface area contributed by atoms with E-state index in [0.717, 1.165) is 21.9 Å². The molecular weight excluding hydrogens is 344 g/mol. The van der Waals surface area contributed by atoms with E-state index in [1.807, 2.05) is 42.6 Å². The highest BCUT2D eigenvalue weighted by Crippen LogP contribution is 2.41. The normalized spacial score (nSPS) is 12.3. The Morgan fingerprint density at radius 1 is 1.27 bits per heavy atom. The summed E-state index contributed by atoms with van der Waals surface area (Å²) < 4.78 is 0.611. The maximum atomic E-state index is 12.4. The van der Waals surface area contributed by atoms with Gasteiger partial charge in [-0.1, -0.05) is 30.2 Å². The fourth-order valence-electron chi connectivity index (χ4n) is 3.28. The summed E-state index contributed by atoms with van der Waals surface area (Å²) >= 11 is 1.36. The number of nitrogens with one attached hydrogen (secondary N) is 1. The van der Waals surface area contributed by atoms with Crippen LogP contribution in [-0.2, 0) is 0 Å². The van der Waals surface area contributed by atoms with E-state index < -0.39 is 0 Å². The zero-order chi connectivity index (χ0) is 18.4. The Bertz CT molecular complexity index is 1240. The molecule has 2 aromatic heterocycles. The first kappa shape index (κ1) is 16.4. The Kier molecular flexibility index (Phi) is 3.80. The monoisotopic (exact) mass is 360 g/mol. The number of pyridine rings is 1. The van der Waals surface area contributed by atoms with Crippen LogP contribution in [0.2, 0.25) is 0 Å². The molecule has 1 unspecified atom stereocenters. The zero-order valence-corrected chi connectivity index (χ0v) is 14.9. The van der Waals surface area contributed by atoms with Crippen molar-refractivity contribution in [2.24, 2.45) is 5.73 Å². The van der Waals surface area contributed by atoms with Crippen molar-refractivity contribution in [1.29, 1.82) is 0 Å². The summed E-state index contributed by atoms with van der Waals surface area (Å²) in [5, 5.41) is 14.1. The van der Waals surface area contributed by atoms with Gasteiger partial charge in [0.1, 0.15) is 10.4 Å². The number of aromatic hydroxyl groups is 1. The average molecular weight is 360 g/mol. The van der Waals surface area contributed by atoms with Gasteiger partial charge in [-0.25, -0.2) is 0 Å². The largest absolute Gasteiger partial charge is 0.507 e. The Hall–Kier alpha value is -3.07. The van der Waals surface area contributed by atoms with Crippen molar-refractivity contribution in [3.05, 3.63) is 63.3 Å². The van der Waals surface area contributed by atoms with Gasteiger partial charge in [-0.15, -0.1) is 17.8 Å². The van der Waals surface area contributed by atoms with Crippen LogP contribution in [0, 0.1) is 12.3 Å². The van der Waals surface area contributed by atoms with Crippen LogP contribution in [0.4, 0.5) is 0 Å². The number of nitrogens with two attached hydrogens (primary N) is 1. The molecule has 2 aromatic carbocycles. The van der Waals surface area contributed by atoms with Crippen LogP contribution >= 0.6 is 11.3 Å². The average Bonchev–Trinajstić information content (AvgIpc) is 3.12. The Morgan fingerprint density at radius 3 is 2.65 bits per heavy atom. The molecule has 0 aliphatic heterocycles. The standard InChI is InChI=1S/C21H16N2O2S/c1-3-12-10-16(24)17(14-6-4-13(5-7-14)11(2)22)18-15-8-9-26-20(15)21(25)23-19(12)18/h1,4-11,24H,22H2,2H3,(H,23,25). The molecule has 0 amide bonds. The lowest BCUT2D eigenvalue weighted by atomic mass is 9.94. The second kappa shape index (κ2) is 6.03. The van der Waals surface area contributed by atoms with E-state index in [9.17, 15) is 9.90 Å². The van der Waals surface area contributed by atoms with E-state index in [2.05, 4.69) is 10.9 Å². The second-order valence-electron chi connectivity index (χ2n) is 6.24. The summed E-state index contributed by atoms with van der Waals surface area (Å²) in [4.78, 5) is 15.3. The van der Waals surface area contributed by atoms with Gasteiger partial charge in [-0.2, -0.15) is 0 Å². The molecule has 0 saturated heterocycles. The van der Waals surface area contributed by atoms with Crippen LogP contribution < -0.4 is 11.3 Å². The van der Waals surface area contributed by atoms with Crippen LogP contribution in [-0.4, -0.2) is 10.1 Å². The molecule has 26 heavy (non-hydrogen) atoms. The van der Waals surface area contributed by atoms with Crippen molar-refractivity contribution in [3.63, 3.8) is 0 Å². The van der Waals surface area contributed by atoms with Gasteiger partial charge < -0.3 is 15.8 Å². The quantitative estimate of drug-likeness (QED) is 0.471. The number of hydrogen-bond acceptors (Lipinski definition) is 4. The van der Waals surface area contributed by atoms with Crippen molar-refractivity contribution in [2.75, 3.05) is 0 Å². The molecule has 0 saturated carbocycles. The van der Waals surface area contributed by atoms with Crippen molar-refractivity contribution < 1.29 is 5.11 Å². The summed E-state index contributed by atoms with van der Waals surface area (Å²) in [6, 6.07) is 11.1. The predicted octanol–water partition coefficient (Wildman–Crippen LogP) is 4.12. The molecule has 0 aliphatic carbocycles. The molecule has 0 spiro atoms. The molecular formula is C21H16N2O2S. The van der Waals surface area contributed by atoms with Gasteiger partial charge in [-0.05, 0) is 35.6 Å². The number of aromatic amines is 1. The molecule has 5 heteroatoms. The van der Waals surface area contributed by atoms with Crippen LogP contribution in [0.25, 0.3) is 32.1 Å². The molecule has 4 rings (SSSR count). The molecule has 0 bridgehead atoms. The molecule has 2 heterocycles. The maximum absolute atomic E-state index is 12.4. The third kappa shape index (κ3) is 2.39. The van der Waals surface area contributed by atoms with Gasteiger partial charge in [0.25, 0.3) is 5.56 Å². The first-order valence-electron chi connectivity index (χ1n) is 8.13. The van der Waals surface area contributed by atoms with Gasteiger partial charge in [0.15, 0.2) is 0 Å². The van der Waals surface area contributed by atoms with Crippen LogP contribution in [0.1, 0.15) is 24.1 Å². The van der Waals surface area contributed by atoms with Crippen molar-refractivity contribution in [1.82, 2.24) is 4.98 Å². The molecule has 128 valence electrons. The second-order valence-corrected chi connectivity index (χ2v) is 7.16. The fourth-order valence-corrected chi connectivity index (χ4v) is 4.07. The number of benzene rings is 2. The summed E-state index contributed by atoms with van der Waals surface area (Å²) in [5.41, 5.74) is 9.26. The number of H-pyrrole nitrogens is 1. The lowest BCUT2D eigenvalue weighted by molar-refractivity contribution is 0.478. The van der Waals surface area contributed by atoms with Crippen LogP contribution in [0.3, 0.4) is 0 Å². The smallest absolute Gasteiger partial charge is 0.266 e. The summed E-state index contributed by atoms with van der Waals surface area (Å²) in [6.07, 6.45) is 5.60. The molecule has 0 radical (unpaired) electrons. The number of hydrogen-bond donors (Lipinski definition) is 3. The van der Waals surface area contributed by atoms with Gasteiger partial charge in [0.05, 0.1) is 11.1 Å². The molecule has 0 aliphatic rings. The highest BCUT2D eigenvalue weighted by atomic mass is 32.1. The molecule has 1 atom stereocenters. The third-order valence-electron chi connectivity index (χ3n) is 4.57. The van der Waals surface area contributed by atoms with Crippen molar-refractivity contribution >= 4 is 32.3 Å². The summed E-state index contributed by atoms with van der Waals surface area (Å²) in [6.45, 7) is 1.92. The number of phenolic OH excluding ortho intramolecular Hbond substituents is 1. The maximum Gasteiger partial charge on any atom is 0.266 e. The van der Waals surface area contributed by atoms with E-state index in [-0.39, 0.29) is 17.4 Å². The third-order valence-corrected chi connectivity index (χ3v) is 5.48. The number of phenols is 1. The molecule has 4 aromatic rings. The Labute approximate surface area is 153 Å². The van der Waals surface area contributed by atoms with E-state index in [1.165, 1.54) is 17.4 Å². The Balaban J connectivity index is 2.15. The lowest BCUT2D eigenvalue weighted by Gasteiger charge is -2.13. The van der Waals surface area contributed by atoms with Gasteiger partial charge in [0.2, 0.25) is 0 Å². The number of fused-ring (bicyclic) bond motifs is 3. The number of aromatic nitrogens is 1. The minimum Gasteiger partial charge on any atom is -0.507 e. The summed E-state index contributed by atoms with van der Waals surface area (Å²) in [5.74, 6) is 2.64. The van der Waals surface area contributed by atoms with Crippen LogP contribution in [0.15, 0.2) is 46.6 Å². The van der Waals surface area contributed by atoms with E-state index >= 15 is 0 Å². The van der Waals surface area contributed by atoms with Crippen molar-refractivity contribution in [2.45, 2.75) is 13.0 Å². The topological polar surface area (TPSA) is 79.1 Å². The number of terminal acetylenes is 1. The van der Waals surface area contributed by atoms with Gasteiger partial charge >= 0.3 is 0 Å². The van der Waals surface area contributed by atoms with E-state index in [1.54, 1.807) is 0 Å². The summed E-state index contributed by atoms with van der Waals surface area (Å²) in [7, 11) is 0. The first-order chi connectivity index (χ1) is 12.5. The van der Waals surface area contributed by atoms with Gasteiger partial charge in [-0.3, -0.25) is 4.79 Å². The number of rotatable bonds is 2. The minimum absolute atomic E-state index is 0.0712. The molecule has 4 nitrogen and oxygen atoms in total. The predicted molar refractivity (Wildman–Crippen MR) is 108 cm³/mol. The highest BCUT2D eigenvalue weighted by molar-refractivity contribution is 7.17. The van der Waals surface area contributed by atoms with E-state index in [0.29, 0.717) is 21.3 Å². The van der Waals surface area contributed by atoms with Crippen LogP contribution in [0.5, 0.6) is 5.75 Å².